The SMILES string of the molecule is Cc1ccc(/C=C2/C(=O)Nc3ccc(F)cc32)cc1. The Morgan fingerprint density at radius 1 is 1.11 bits per heavy atom. The lowest BCUT2D eigenvalue weighted by Crippen LogP contribution is -2.03. The first-order valence-electron chi connectivity index (χ1n) is 6.03. The van der Waals surface area contributed by atoms with Crippen molar-refractivity contribution in [3.05, 3.63) is 65.0 Å². The van der Waals surface area contributed by atoms with Gasteiger partial charge in [-0.3, -0.25) is 4.79 Å². The van der Waals surface area contributed by atoms with E-state index in [4.69, 9.17) is 0 Å². The van der Waals surface area contributed by atoms with Gasteiger partial charge >= 0.3 is 0 Å². The molecule has 1 amide bonds. The Hall–Kier alpha value is -2.42. The number of benzene rings is 2. The molecule has 2 nitrogen and oxygen atoms in total. The number of nitrogens with one attached hydrogen (secondary N) is 1. The van der Waals surface area contributed by atoms with E-state index < -0.39 is 0 Å². The van der Waals surface area contributed by atoms with Gasteiger partial charge in [0.25, 0.3) is 5.91 Å². The second-order valence-corrected chi connectivity index (χ2v) is 4.61. The van der Waals surface area contributed by atoms with Crippen LogP contribution in [0.25, 0.3) is 11.6 Å². The maximum Gasteiger partial charge on any atom is 0.256 e. The fourth-order valence-electron chi connectivity index (χ4n) is 2.13. The van der Waals surface area contributed by atoms with E-state index in [9.17, 15) is 9.18 Å². The smallest absolute Gasteiger partial charge is 0.256 e. The topological polar surface area (TPSA) is 29.1 Å². The molecule has 1 aliphatic heterocycles. The molecule has 1 heterocycles. The normalized spacial score (nSPS) is 15.5. The molecule has 2 aromatic carbocycles. The Kier molecular flexibility index (Phi) is 2.67. The third-order valence-corrected chi connectivity index (χ3v) is 3.15. The number of carbonyl (C=O) groups excluding carboxylic acids is 1. The molecule has 0 spiro atoms. The number of aryl methyl sites for hydroxylation is 1. The molecule has 1 aliphatic rings. The molecular weight excluding hydrogens is 241 g/mol. The van der Waals surface area contributed by atoms with Crippen LogP contribution < -0.4 is 5.32 Å². The minimum absolute atomic E-state index is 0.193. The highest BCUT2D eigenvalue weighted by atomic mass is 19.1. The van der Waals surface area contributed by atoms with Gasteiger partial charge in [0, 0.05) is 16.8 Å². The largest absolute Gasteiger partial charge is 0.321 e. The van der Waals surface area contributed by atoms with Crippen LogP contribution in [0.4, 0.5) is 10.1 Å². The summed E-state index contributed by atoms with van der Waals surface area (Å²) >= 11 is 0. The van der Waals surface area contributed by atoms with Gasteiger partial charge in [0.05, 0.1) is 0 Å². The van der Waals surface area contributed by atoms with Crippen molar-refractivity contribution in [2.24, 2.45) is 0 Å². The number of halogens is 1. The number of hydrogen-bond donors (Lipinski definition) is 1. The number of rotatable bonds is 1. The maximum atomic E-state index is 13.3. The van der Waals surface area contributed by atoms with E-state index in [0.29, 0.717) is 16.8 Å². The fourth-order valence-corrected chi connectivity index (χ4v) is 2.13. The standard InChI is InChI=1S/C16H12FNO/c1-10-2-4-11(5-3-10)8-14-13-9-12(17)6-7-15(13)18-16(14)19/h2-9H,1H3,(H,18,19)/b14-8+. The van der Waals surface area contributed by atoms with Crippen molar-refractivity contribution in [1.29, 1.82) is 0 Å². The Bertz CT molecular complexity index is 686. The summed E-state index contributed by atoms with van der Waals surface area (Å²) in [6.45, 7) is 2.00. The number of hydrogen-bond acceptors (Lipinski definition) is 1. The predicted octanol–water partition coefficient (Wildman–Crippen LogP) is 3.63. The molecular formula is C16H12FNO. The van der Waals surface area contributed by atoms with Gasteiger partial charge in [-0.25, -0.2) is 4.39 Å². The maximum absolute atomic E-state index is 13.3. The molecule has 0 bridgehead atoms. The summed E-state index contributed by atoms with van der Waals surface area (Å²) in [5.74, 6) is -0.536. The third kappa shape index (κ3) is 2.15. The highest BCUT2D eigenvalue weighted by molar-refractivity contribution is 6.34. The van der Waals surface area contributed by atoms with Gasteiger partial charge in [-0.1, -0.05) is 29.8 Å². The summed E-state index contributed by atoms with van der Waals surface area (Å²) in [5.41, 5.74) is 3.85. The molecule has 0 atom stereocenters. The van der Waals surface area contributed by atoms with E-state index in [0.717, 1.165) is 11.1 Å². The van der Waals surface area contributed by atoms with E-state index in [1.54, 1.807) is 12.1 Å². The molecule has 19 heavy (non-hydrogen) atoms. The molecule has 0 unspecified atom stereocenters. The highest BCUT2D eigenvalue weighted by Crippen LogP contribution is 2.33. The summed E-state index contributed by atoms with van der Waals surface area (Å²) in [5, 5.41) is 2.73. The van der Waals surface area contributed by atoms with E-state index in [1.807, 2.05) is 31.2 Å². The zero-order valence-corrected chi connectivity index (χ0v) is 10.4. The molecule has 0 radical (unpaired) electrons. The lowest BCUT2D eigenvalue weighted by atomic mass is 10.0. The second kappa shape index (κ2) is 4.35. The zero-order chi connectivity index (χ0) is 13.4. The van der Waals surface area contributed by atoms with Crippen LogP contribution in [0.2, 0.25) is 0 Å². The van der Waals surface area contributed by atoms with Crippen LogP contribution in [0.3, 0.4) is 0 Å². The van der Waals surface area contributed by atoms with Crippen molar-refractivity contribution in [3.8, 4) is 0 Å². The first-order valence-corrected chi connectivity index (χ1v) is 6.03. The molecule has 3 heteroatoms. The van der Waals surface area contributed by atoms with Crippen molar-refractivity contribution in [2.45, 2.75) is 6.92 Å². The van der Waals surface area contributed by atoms with Gasteiger partial charge < -0.3 is 5.32 Å². The van der Waals surface area contributed by atoms with Gasteiger partial charge in [0.1, 0.15) is 5.82 Å². The number of anilines is 1. The molecule has 1 N–H and O–H groups in total. The van der Waals surface area contributed by atoms with Crippen LogP contribution in [-0.2, 0) is 4.79 Å². The zero-order valence-electron chi connectivity index (χ0n) is 10.4. The molecule has 0 fully saturated rings. The first-order chi connectivity index (χ1) is 9.13. The molecule has 3 rings (SSSR count). The predicted molar refractivity (Wildman–Crippen MR) is 74.1 cm³/mol. The van der Waals surface area contributed by atoms with E-state index in [-0.39, 0.29) is 11.7 Å². The Morgan fingerprint density at radius 3 is 2.58 bits per heavy atom. The van der Waals surface area contributed by atoms with Crippen LogP contribution in [-0.4, -0.2) is 5.91 Å². The van der Waals surface area contributed by atoms with E-state index >= 15 is 0 Å². The van der Waals surface area contributed by atoms with Crippen molar-refractivity contribution < 1.29 is 9.18 Å². The number of carbonyl (C=O) groups is 1. The lowest BCUT2D eigenvalue weighted by molar-refractivity contribution is -0.110. The van der Waals surface area contributed by atoms with Gasteiger partial charge in [-0.2, -0.15) is 0 Å². The summed E-state index contributed by atoms with van der Waals surface area (Å²) in [7, 11) is 0. The fraction of sp³-hybridized carbons (Fsp3) is 0.0625. The monoisotopic (exact) mass is 253 g/mol. The van der Waals surface area contributed by atoms with Gasteiger partial charge in [-0.15, -0.1) is 0 Å². The summed E-state index contributed by atoms with van der Waals surface area (Å²) in [6.07, 6.45) is 1.78. The first kappa shape index (κ1) is 11.7. The summed E-state index contributed by atoms with van der Waals surface area (Å²) < 4.78 is 13.3. The molecule has 94 valence electrons. The minimum atomic E-state index is -0.343. The molecule has 0 saturated heterocycles. The minimum Gasteiger partial charge on any atom is -0.321 e. The second-order valence-electron chi connectivity index (χ2n) is 4.61. The lowest BCUT2D eigenvalue weighted by Gasteiger charge is -1.99. The molecule has 0 saturated carbocycles. The third-order valence-electron chi connectivity index (χ3n) is 3.15. The van der Waals surface area contributed by atoms with Crippen LogP contribution >= 0.6 is 0 Å². The van der Waals surface area contributed by atoms with Gasteiger partial charge in [0.2, 0.25) is 0 Å². The average Bonchev–Trinajstić information content (AvgIpc) is 2.69. The Balaban J connectivity index is 2.08. The van der Waals surface area contributed by atoms with Crippen molar-refractivity contribution in [3.63, 3.8) is 0 Å². The summed E-state index contributed by atoms with van der Waals surface area (Å²) in [6, 6.07) is 12.1. The molecule has 0 aliphatic carbocycles. The van der Waals surface area contributed by atoms with Crippen LogP contribution in [0, 0.1) is 12.7 Å². The van der Waals surface area contributed by atoms with Crippen LogP contribution in [0.15, 0.2) is 42.5 Å². The van der Waals surface area contributed by atoms with Crippen molar-refractivity contribution in [1.82, 2.24) is 0 Å². The Morgan fingerprint density at radius 2 is 1.84 bits per heavy atom. The van der Waals surface area contributed by atoms with Crippen molar-refractivity contribution in [2.75, 3.05) is 5.32 Å². The molecule has 2 aromatic rings. The molecule has 0 aromatic heterocycles. The van der Waals surface area contributed by atoms with E-state index in [2.05, 4.69) is 5.32 Å². The number of fused-ring (bicyclic) bond motifs is 1. The summed E-state index contributed by atoms with van der Waals surface area (Å²) in [4.78, 5) is 11.9. The quantitative estimate of drug-likeness (QED) is 0.772. The Labute approximate surface area is 110 Å². The van der Waals surface area contributed by atoms with Crippen LogP contribution in [0.5, 0.6) is 0 Å². The highest BCUT2D eigenvalue weighted by Gasteiger charge is 2.24. The van der Waals surface area contributed by atoms with Crippen LogP contribution in [0.1, 0.15) is 16.7 Å². The number of amides is 1. The van der Waals surface area contributed by atoms with Gasteiger partial charge in [-0.05, 0) is 36.8 Å². The van der Waals surface area contributed by atoms with E-state index in [1.165, 1.54) is 12.1 Å². The van der Waals surface area contributed by atoms with Crippen molar-refractivity contribution >= 4 is 23.2 Å². The van der Waals surface area contributed by atoms with Gasteiger partial charge in [0.15, 0.2) is 0 Å². The average molecular weight is 253 g/mol.